The average Bonchev–Trinajstić information content (AvgIpc) is 3.23. The molecule has 0 spiro atoms. The lowest BCUT2D eigenvalue weighted by Gasteiger charge is -2.25. The minimum absolute atomic E-state index is 0.131. The highest BCUT2D eigenvalue weighted by molar-refractivity contribution is 5.98. The number of nitrogens with one attached hydrogen (secondary N) is 1. The summed E-state index contributed by atoms with van der Waals surface area (Å²) < 4.78 is 5.59. The molecule has 5 nitrogen and oxygen atoms in total. The summed E-state index contributed by atoms with van der Waals surface area (Å²) in [5.74, 6) is 1.89. The first-order chi connectivity index (χ1) is 11.7. The van der Waals surface area contributed by atoms with Crippen LogP contribution >= 0.6 is 0 Å². The topological polar surface area (TPSA) is 44.0 Å². The number of hydrogen-bond acceptors (Lipinski definition) is 3. The van der Waals surface area contributed by atoms with Gasteiger partial charge in [0.25, 0.3) is 0 Å². The molecule has 24 heavy (non-hydrogen) atoms. The van der Waals surface area contributed by atoms with Crippen molar-refractivity contribution in [3.63, 3.8) is 0 Å². The van der Waals surface area contributed by atoms with E-state index in [0.29, 0.717) is 6.54 Å². The fourth-order valence-corrected chi connectivity index (χ4v) is 3.11. The molecule has 0 aliphatic carbocycles. The van der Waals surface area contributed by atoms with Gasteiger partial charge in [0.2, 0.25) is 0 Å². The Morgan fingerprint density at radius 1 is 1.29 bits per heavy atom. The molecule has 3 rings (SSSR count). The van der Waals surface area contributed by atoms with E-state index in [2.05, 4.69) is 60.4 Å². The van der Waals surface area contributed by atoms with Gasteiger partial charge in [-0.1, -0.05) is 18.2 Å². The molecule has 1 N–H and O–H groups in total. The molecule has 0 radical (unpaired) electrons. The molecule has 1 atom stereocenters. The number of anilines is 1. The van der Waals surface area contributed by atoms with Crippen LogP contribution in [0.5, 0.6) is 0 Å². The van der Waals surface area contributed by atoms with Crippen molar-refractivity contribution in [3.05, 3.63) is 54.0 Å². The molecule has 1 aliphatic heterocycles. The van der Waals surface area contributed by atoms with Crippen LogP contribution in [0.1, 0.15) is 24.3 Å². The van der Waals surface area contributed by atoms with Gasteiger partial charge in [0.05, 0.1) is 18.8 Å². The number of benzene rings is 1. The van der Waals surface area contributed by atoms with E-state index in [1.54, 1.807) is 6.26 Å². The van der Waals surface area contributed by atoms with Gasteiger partial charge in [-0.15, -0.1) is 0 Å². The molecule has 2 aromatic rings. The number of likely N-dealkylation sites (N-methyl/N-ethyl adjacent to an activating group) is 1. The molecular formula is C19H26N4O. The van der Waals surface area contributed by atoms with Crippen LogP contribution < -0.4 is 10.2 Å². The Morgan fingerprint density at radius 2 is 2.12 bits per heavy atom. The largest absolute Gasteiger partial charge is 0.468 e. The number of nitrogens with zero attached hydrogens (tertiary/aromatic N) is 3. The lowest BCUT2D eigenvalue weighted by molar-refractivity contribution is 0.265. The third-order valence-corrected chi connectivity index (χ3v) is 4.39. The quantitative estimate of drug-likeness (QED) is 0.678. The molecular weight excluding hydrogens is 300 g/mol. The number of para-hydroxylation sites is 1. The summed E-state index contributed by atoms with van der Waals surface area (Å²) in [4.78, 5) is 9.33. The fourth-order valence-electron chi connectivity index (χ4n) is 3.11. The first-order valence-corrected chi connectivity index (χ1v) is 8.54. The summed E-state index contributed by atoms with van der Waals surface area (Å²) >= 11 is 0. The van der Waals surface area contributed by atoms with Gasteiger partial charge in [0.1, 0.15) is 5.76 Å². The van der Waals surface area contributed by atoms with Gasteiger partial charge in [0, 0.05) is 18.8 Å². The summed E-state index contributed by atoms with van der Waals surface area (Å²) in [6, 6.07) is 12.6. The van der Waals surface area contributed by atoms with Gasteiger partial charge < -0.3 is 14.6 Å². The Labute approximate surface area is 144 Å². The number of rotatable bonds is 5. The normalized spacial score (nSPS) is 15.7. The molecule has 128 valence electrons. The number of furan rings is 1. The monoisotopic (exact) mass is 326 g/mol. The Morgan fingerprint density at radius 3 is 2.83 bits per heavy atom. The fraction of sp³-hybridized carbons (Fsp3) is 0.421. The van der Waals surface area contributed by atoms with Gasteiger partial charge >= 0.3 is 0 Å². The SMILES string of the molecule is CCNC(=NCC(c1ccco1)N(C)C)N1CCc2ccccc21. The van der Waals surface area contributed by atoms with Gasteiger partial charge in [-0.2, -0.15) is 0 Å². The third-order valence-electron chi connectivity index (χ3n) is 4.39. The van der Waals surface area contributed by atoms with Crippen molar-refractivity contribution in [2.45, 2.75) is 19.4 Å². The summed E-state index contributed by atoms with van der Waals surface area (Å²) in [7, 11) is 4.11. The number of hydrogen-bond donors (Lipinski definition) is 1. The summed E-state index contributed by atoms with van der Waals surface area (Å²) in [5.41, 5.74) is 2.65. The lowest BCUT2D eigenvalue weighted by Crippen LogP contribution is -2.41. The maximum absolute atomic E-state index is 5.59. The predicted octanol–water partition coefficient (Wildman–Crippen LogP) is 2.91. The van der Waals surface area contributed by atoms with Crippen LogP contribution in [-0.2, 0) is 6.42 Å². The maximum atomic E-state index is 5.59. The highest BCUT2D eigenvalue weighted by Crippen LogP contribution is 2.27. The predicted molar refractivity (Wildman–Crippen MR) is 98.6 cm³/mol. The molecule has 0 bridgehead atoms. The van der Waals surface area contributed by atoms with Crippen molar-refractivity contribution in [3.8, 4) is 0 Å². The van der Waals surface area contributed by atoms with E-state index < -0.39 is 0 Å². The summed E-state index contributed by atoms with van der Waals surface area (Å²) in [6.07, 6.45) is 2.79. The van der Waals surface area contributed by atoms with Crippen LogP contribution in [0.2, 0.25) is 0 Å². The molecule has 0 amide bonds. The smallest absolute Gasteiger partial charge is 0.198 e. The first-order valence-electron chi connectivity index (χ1n) is 8.54. The number of fused-ring (bicyclic) bond motifs is 1. The van der Waals surface area contributed by atoms with E-state index >= 15 is 0 Å². The molecule has 5 heteroatoms. The zero-order chi connectivity index (χ0) is 16.9. The molecule has 0 saturated carbocycles. The Bertz CT molecular complexity index is 678. The van der Waals surface area contributed by atoms with Gasteiger partial charge in [-0.25, -0.2) is 0 Å². The average molecular weight is 326 g/mol. The number of guanidine groups is 1. The summed E-state index contributed by atoms with van der Waals surface area (Å²) in [5, 5.41) is 3.43. The second-order valence-corrected chi connectivity index (χ2v) is 6.22. The van der Waals surface area contributed by atoms with Crippen LogP contribution in [0.4, 0.5) is 5.69 Å². The minimum atomic E-state index is 0.131. The molecule has 2 heterocycles. The highest BCUT2D eigenvalue weighted by Gasteiger charge is 2.23. The summed E-state index contributed by atoms with van der Waals surface area (Å²) in [6.45, 7) is 4.58. The molecule has 1 aromatic carbocycles. The van der Waals surface area contributed by atoms with Gasteiger partial charge in [-0.05, 0) is 51.2 Å². The van der Waals surface area contributed by atoms with E-state index in [1.807, 2.05) is 12.1 Å². The molecule has 1 aliphatic rings. The Balaban J connectivity index is 1.82. The highest BCUT2D eigenvalue weighted by atomic mass is 16.3. The van der Waals surface area contributed by atoms with Crippen molar-refractivity contribution in [2.24, 2.45) is 4.99 Å². The van der Waals surface area contributed by atoms with Crippen molar-refractivity contribution >= 4 is 11.6 Å². The minimum Gasteiger partial charge on any atom is -0.468 e. The second kappa shape index (κ2) is 7.53. The second-order valence-electron chi connectivity index (χ2n) is 6.22. The van der Waals surface area contributed by atoms with E-state index in [4.69, 9.17) is 9.41 Å². The zero-order valence-electron chi connectivity index (χ0n) is 14.7. The first kappa shape index (κ1) is 16.6. The molecule has 1 aromatic heterocycles. The van der Waals surface area contributed by atoms with Gasteiger partial charge in [-0.3, -0.25) is 9.89 Å². The Kier molecular flexibility index (Phi) is 5.20. The van der Waals surface area contributed by atoms with Crippen LogP contribution in [-0.4, -0.2) is 44.6 Å². The van der Waals surface area contributed by atoms with Crippen molar-refractivity contribution in [1.82, 2.24) is 10.2 Å². The van der Waals surface area contributed by atoms with E-state index in [1.165, 1.54) is 11.3 Å². The van der Waals surface area contributed by atoms with Crippen LogP contribution in [0.25, 0.3) is 0 Å². The third kappa shape index (κ3) is 3.46. The van der Waals surface area contributed by atoms with E-state index in [9.17, 15) is 0 Å². The van der Waals surface area contributed by atoms with Crippen LogP contribution in [0.15, 0.2) is 52.1 Å². The van der Waals surface area contributed by atoms with E-state index in [0.717, 1.165) is 31.2 Å². The van der Waals surface area contributed by atoms with Gasteiger partial charge in [0.15, 0.2) is 5.96 Å². The standard InChI is InChI=1S/C19H26N4O/c1-4-20-19(23-12-11-15-8-5-6-9-16(15)23)21-14-17(22(2)3)18-10-7-13-24-18/h5-10,13,17H,4,11-12,14H2,1-3H3,(H,20,21). The molecule has 1 unspecified atom stereocenters. The van der Waals surface area contributed by atoms with Crippen LogP contribution in [0.3, 0.4) is 0 Å². The van der Waals surface area contributed by atoms with Crippen molar-refractivity contribution in [1.29, 1.82) is 0 Å². The number of aliphatic imine (C=N–C) groups is 1. The molecule has 0 saturated heterocycles. The van der Waals surface area contributed by atoms with Crippen molar-refractivity contribution in [2.75, 3.05) is 38.6 Å². The van der Waals surface area contributed by atoms with Crippen LogP contribution in [0, 0.1) is 0 Å². The molecule has 0 fully saturated rings. The van der Waals surface area contributed by atoms with E-state index in [-0.39, 0.29) is 6.04 Å². The zero-order valence-corrected chi connectivity index (χ0v) is 14.7. The maximum Gasteiger partial charge on any atom is 0.198 e. The lowest BCUT2D eigenvalue weighted by atomic mass is 10.2. The van der Waals surface area contributed by atoms with Crippen molar-refractivity contribution < 1.29 is 4.42 Å². The Hall–Kier alpha value is -2.27.